The third-order valence-electron chi connectivity index (χ3n) is 11.5. The van der Waals surface area contributed by atoms with Crippen LogP contribution < -0.4 is 23.7 Å². The molecule has 3 aliphatic rings. The lowest BCUT2D eigenvalue weighted by molar-refractivity contribution is -0.145. The zero-order valence-electron chi connectivity index (χ0n) is 35.8. The lowest BCUT2D eigenvalue weighted by Crippen LogP contribution is -2.49. The number of hydrogen-bond acceptors (Lipinski definition) is 14. The molecular formula is C47H43Cl2FN6O8S. The second kappa shape index (κ2) is 18.8. The molecule has 7 heterocycles. The number of thiophene rings is 1. The number of carbonyl (C=O) groups is 1. The molecule has 0 aliphatic carbocycles. The summed E-state index contributed by atoms with van der Waals surface area (Å²) in [5.74, 6) is 1.08. The number of nitrogens with zero attached hydrogens (tertiary/aromatic N) is 6. The Labute approximate surface area is 387 Å². The van der Waals surface area contributed by atoms with Gasteiger partial charge in [-0.2, -0.15) is 4.39 Å². The third kappa shape index (κ3) is 9.13. The Balaban J connectivity index is 1.16. The maximum absolute atomic E-state index is 14.6. The summed E-state index contributed by atoms with van der Waals surface area (Å²) in [4.78, 5) is 37.0. The number of aromatic nitrogens is 4. The van der Waals surface area contributed by atoms with Crippen LogP contribution in [0, 0.1) is 19.9 Å². The molecule has 0 unspecified atom stereocenters. The highest BCUT2D eigenvalue weighted by Crippen LogP contribution is 2.53. The largest absolute Gasteiger partial charge is 0.496 e. The highest BCUT2D eigenvalue weighted by atomic mass is 35.5. The molecule has 10 rings (SSSR count). The van der Waals surface area contributed by atoms with Gasteiger partial charge in [0.15, 0.2) is 11.6 Å². The molecule has 1 saturated heterocycles. The van der Waals surface area contributed by atoms with Gasteiger partial charge in [0.1, 0.15) is 53.5 Å². The summed E-state index contributed by atoms with van der Waals surface area (Å²) in [5.41, 5.74) is 4.01. The maximum Gasteiger partial charge on any atom is 0.345 e. The summed E-state index contributed by atoms with van der Waals surface area (Å²) >= 11 is 15.7. The van der Waals surface area contributed by atoms with Crippen molar-refractivity contribution in [3.8, 4) is 62.0 Å². The van der Waals surface area contributed by atoms with Gasteiger partial charge in [0.25, 0.3) is 6.01 Å². The van der Waals surface area contributed by atoms with E-state index in [0.29, 0.717) is 83.8 Å². The van der Waals surface area contributed by atoms with Crippen LogP contribution in [0.3, 0.4) is 0 Å². The molecule has 18 heteroatoms. The van der Waals surface area contributed by atoms with E-state index >= 15 is 0 Å². The van der Waals surface area contributed by atoms with Crippen LogP contribution in [0.2, 0.25) is 10.0 Å². The molecule has 65 heavy (non-hydrogen) atoms. The number of para-hydroxylation sites is 1. The lowest BCUT2D eigenvalue weighted by atomic mass is 9.93. The minimum Gasteiger partial charge on any atom is -0.496 e. The Morgan fingerprint density at radius 1 is 0.954 bits per heavy atom. The highest BCUT2D eigenvalue weighted by molar-refractivity contribution is 7.22. The number of fused-ring (bicyclic) bond motifs is 7. The Bertz CT molecular complexity index is 2880. The molecule has 4 bridgehead atoms. The Hall–Kier alpha value is -6.04. The first-order valence-electron chi connectivity index (χ1n) is 20.8. The number of carboxylic acid groups (broad SMARTS) is 1. The van der Waals surface area contributed by atoms with Crippen LogP contribution in [-0.4, -0.2) is 107 Å². The van der Waals surface area contributed by atoms with Crippen molar-refractivity contribution >= 4 is 50.7 Å². The van der Waals surface area contributed by atoms with Crippen molar-refractivity contribution in [3.05, 3.63) is 112 Å². The summed E-state index contributed by atoms with van der Waals surface area (Å²) in [6.07, 6.45) is 0.697. The molecule has 0 saturated carbocycles. The predicted octanol–water partition coefficient (Wildman–Crippen LogP) is 9.19. The van der Waals surface area contributed by atoms with Gasteiger partial charge >= 0.3 is 5.97 Å². The number of rotatable bonds is 9. The first kappa shape index (κ1) is 44.2. The standard InChI is InChI=1S/C47H43Cl2FN6O8S/c1-25-37-26(2)41(49)42(40(25)48)62-30(21-56-17-15-55(3)16-18-56)23-60-29-9-10-32(61-22-28-13-14-51-44(54-28)31-7-5-6-8-33(31)59-4)27(19-29)20-35(47(57)58)64-45-39-38(37)43(34-11-12-36(50)63-34)65-46(39)53-24-52-45/h5-14,19,24,30,35H,15-18,20-23H2,1-4H3,(H,57,58)/t30-,35-/m1/s1. The van der Waals surface area contributed by atoms with Gasteiger partial charge < -0.3 is 38.1 Å². The van der Waals surface area contributed by atoms with Crippen molar-refractivity contribution in [1.82, 2.24) is 29.7 Å². The summed E-state index contributed by atoms with van der Waals surface area (Å²) in [5, 5.41) is 11.7. The van der Waals surface area contributed by atoms with E-state index in [9.17, 15) is 14.3 Å². The molecule has 3 aliphatic heterocycles. The van der Waals surface area contributed by atoms with E-state index in [0.717, 1.165) is 26.2 Å². The van der Waals surface area contributed by atoms with Gasteiger partial charge in [-0.15, -0.1) is 11.3 Å². The van der Waals surface area contributed by atoms with E-state index in [-0.39, 0.29) is 47.1 Å². The topological polar surface area (TPSA) is 155 Å². The van der Waals surface area contributed by atoms with Crippen molar-refractivity contribution < 1.29 is 42.4 Å². The van der Waals surface area contributed by atoms with Gasteiger partial charge in [-0.3, -0.25) is 4.90 Å². The van der Waals surface area contributed by atoms with Crippen molar-refractivity contribution in [2.24, 2.45) is 0 Å². The molecule has 0 amide bonds. The highest BCUT2D eigenvalue weighted by Gasteiger charge is 2.33. The average Bonchev–Trinajstić information content (AvgIpc) is 3.92. The van der Waals surface area contributed by atoms with Crippen molar-refractivity contribution in [1.29, 1.82) is 0 Å². The van der Waals surface area contributed by atoms with Gasteiger partial charge in [-0.05, 0) is 80.1 Å². The van der Waals surface area contributed by atoms with Crippen LogP contribution >= 0.6 is 34.5 Å². The number of piperazine rings is 1. The maximum atomic E-state index is 14.6. The number of ether oxygens (including phenoxy) is 5. The van der Waals surface area contributed by atoms with Crippen LogP contribution in [0.25, 0.3) is 43.4 Å². The fourth-order valence-corrected chi connectivity index (χ4v) is 9.72. The van der Waals surface area contributed by atoms with Crippen molar-refractivity contribution in [2.75, 3.05) is 53.5 Å². The number of carboxylic acids is 1. The fourth-order valence-electron chi connectivity index (χ4n) is 8.11. The minimum atomic E-state index is -1.50. The SMILES string of the molecule is COc1ccccc1-c1nccc(COc2ccc3cc2C[C@H](C(=O)O)Oc2ncnc4sc(-c5ccc(F)o5)c(c24)-c2c(C)c(Cl)c(c(Cl)c2C)O[C@H](CN2CCN(C)CC2)CO3)n1. The van der Waals surface area contributed by atoms with E-state index in [1.54, 1.807) is 37.6 Å². The van der Waals surface area contributed by atoms with Gasteiger partial charge in [0.05, 0.1) is 38.7 Å². The number of furan rings is 1. The average molecular weight is 942 g/mol. The minimum absolute atomic E-state index is 0.0236. The number of benzene rings is 3. The Kier molecular flexibility index (Phi) is 12.8. The quantitative estimate of drug-likeness (QED) is 0.146. The van der Waals surface area contributed by atoms with E-state index in [1.165, 1.54) is 29.8 Å². The molecule has 0 spiro atoms. The van der Waals surface area contributed by atoms with E-state index in [4.69, 9.17) is 56.3 Å². The van der Waals surface area contributed by atoms with Crippen molar-refractivity contribution in [2.45, 2.75) is 39.1 Å². The third-order valence-corrected chi connectivity index (χ3v) is 13.5. The summed E-state index contributed by atoms with van der Waals surface area (Å²) < 4.78 is 51.8. The fraction of sp³-hybridized carbons (Fsp3) is 0.298. The number of hydrogen-bond donors (Lipinski definition) is 1. The van der Waals surface area contributed by atoms with Gasteiger partial charge in [0, 0.05) is 62.5 Å². The smallest absolute Gasteiger partial charge is 0.345 e. The van der Waals surface area contributed by atoms with Crippen LogP contribution in [-0.2, 0) is 17.8 Å². The molecule has 4 aromatic heterocycles. The lowest BCUT2D eigenvalue weighted by Gasteiger charge is -2.35. The Morgan fingerprint density at radius 2 is 1.74 bits per heavy atom. The monoisotopic (exact) mass is 940 g/mol. The summed E-state index contributed by atoms with van der Waals surface area (Å²) in [6, 6.07) is 16.3. The zero-order valence-corrected chi connectivity index (χ0v) is 38.1. The summed E-state index contributed by atoms with van der Waals surface area (Å²) in [7, 11) is 3.68. The number of aliphatic carboxylic acids is 1. The van der Waals surface area contributed by atoms with Crippen molar-refractivity contribution in [3.63, 3.8) is 0 Å². The van der Waals surface area contributed by atoms with E-state index in [2.05, 4.69) is 31.8 Å². The number of likely N-dealkylation sites (N-methyl/N-ethyl adjacent to an activating group) is 1. The molecule has 1 N–H and O–H groups in total. The molecule has 7 aromatic rings. The van der Waals surface area contributed by atoms with Crippen LogP contribution in [0.1, 0.15) is 22.4 Å². The van der Waals surface area contributed by atoms with Gasteiger partial charge in [-0.1, -0.05) is 35.3 Å². The molecule has 3 aromatic carbocycles. The van der Waals surface area contributed by atoms with Gasteiger partial charge in [0.2, 0.25) is 12.0 Å². The first-order chi connectivity index (χ1) is 31.4. The number of halogens is 3. The second-order valence-electron chi connectivity index (χ2n) is 15.8. The molecule has 336 valence electrons. The molecule has 2 atom stereocenters. The molecule has 1 fully saturated rings. The first-order valence-corrected chi connectivity index (χ1v) is 22.4. The van der Waals surface area contributed by atoms with E-state index < -0.39 is 24.2 Å². The summed E-state index contributed by atoms with van der Waals surface area (Å²) in [6.45, 7) is 7.70. The van der Waals surface area contributed by atoms with Gasteiger partial charge in [-0.25, -0.2) is 24.7 Å². The van der Waals surface area contributed by atoms with Crippen LogP contribution in [0.15, 0.2) is 77.6 Å². The molecule has 0 radical (unpaired) electrons. The molecular weight excluding hydrogens is 899 g/mol. The van der Waals surface area contributed by atoms with Crippen LogP contribution in [0.4, 0.5) is 4.39 Å². The molecule has 14 nitrogen and oxygen atoms in total. The van der Waals surface area contributed by atoms with Crippen LogP contribution in [0.5, 0.6) is 28.9 Å². The van der Waals surface area contributed by atoms with E-state index in [1.807, 2.05) is 38.1 Å². The Morgan fingerprint density at radius 3 is 2.48 bits per heavy atom. The second-order valence-corrected chi connectivity index (χ2v) is 17.5. The number of methoxy groups -OCH3 is 1. The normalized spacial score (nSPS) is 17.0. The zero-order chi connectivity index (χ0) is 45.4. The predicted molar refractivity (Wildman–Crippen MR) is 244 cm³/mol.